The van der Waals surface area contributed by atoms with Crippen molar-refractivity contribution in [1.82, 2.24) is 5.27 Å². The zero-order valence-corrected chi connectivity index (χ0v) is 16.5. The first-order valence-corrected chi connectivity index (χ1v) is 9.12. The minimum atomic E-state index is -0.875. The fourth-order valence-electron chi connectivity index (χ4n) is 2.62. The van der Waals surface area contributed by atoms with Crippen LogP contribution in [0.4, 0.5) is 10.7 Å². The lowest BCUT2D eigenvalue weighted by molar-refractivity contribution is -0.741. The zero-order valence-electron chi connectivity index (χ0n) is 15.7. The molecule has 0 aliphatic carbocycles. The number of hydrogen-bond acceptors (Lipinski definition) is 7. The lowest BCUT2D eigenvalue weighted by atomic mass is 10.1. The van der Waals surface area contributed by atoms with Gasteiger partial charge in [0, 0.05) is 5.69 Å². The van der Waals surface area contributed by atoms with Crippen LogP contribution in [0.25, 0.3) is 0 Å². The van der Waals surface area contributed by atoms with Crippen molar-refractivity contribution in [2.75, 3.05) is 17.7 Å². The van der Waals surface area contributed by atoms with Crippen LogP contribution in [0.5, 0.6) is 0 Å². The summed E-state index contributed by atoms with van der Waals surface area (Å²) in [6, 6.07) is 8.79. The molecule has 11 heteroatoms. The number of carbonyl (C=O) groups excluding carboxylic acids is 3. The number of carbonyl (C=O) groups is 3. The summed E-state index contributed by atoms with van der Waals surface area (Å²) in [5.41, 5.74) is -0.225. The third-order valence-corrected chi connectivity index (χ3v) is 5.23. The quantitative estimate of drug-likeness (QED) is 0.425. The summed E-state index contributed by atoms with van der Waals surface area (Å²) < 4.78 is 10.4. The molecule has 0 aliphatic rings. The molecule has 3 N–H and O–H groups in total. The highest BCUT2D eigenvalue weighted by atomic mass is 32.1. The summed E-state index contributed by atoms with van der Waals surface area (Å²) in [5, 5.41) is 7.53. The summed E-state index contributed by atoms with van der Waals surface area (Å²) in [4.78, 5) is 49.4. The van der Waals surface area contributed by atoms with Crippen LogP contribution in [0.15, 0.2) is 39.6 Å². The second kappa shape index (κ2) is 8.10. The monoisotopic (exact) mass is 417 g/mol. The number of hydrogen-bond donors (Lipinski definition) is 3. The zero-order chi connectivity index (χ0) is 21.1. The fourth-order valence-corrected chi connectivity index (χ4v) is 3.71. The highest BCUT2D eigenvalue weighted by Crippen LogP contribution is 2.34. The normalized spacial score (nSPS) is 10.4. The van der Waals surface area contributed by atoms with E-state index in [1.807, 2.05) is 6.07 Å². The number of benzene rings is 1. The van der Waals surface area contributed by atoms with E-state index in [0.717, 1.165) is 16.0 Å². The van der Waals surface area contributed by atoms with Crippen molar-refractivity contribution >= 4 is 39.8 Å². The fraction of sp³-hybridized carbons (Fsp3) is 0.167. The third kappa shape index (κ3) is 3.94. The molecule has 0 aliphatic heterocycles. The Hall–Kier alpha value is -3.73. The van der Waals surface area contributed by atoms with Gasteiger partial charge in [0.1, 0.15) is 5.00 Å². The molecule has 0 fully saturated rings. The first-order valence-electron chi connectivity index (χ1n) is 8.30. The van der Waals surface area contributed by atoms with Crippen LogP contribution in [0, 0.1) is 6.92 Å². The van der Waals surface area contributed by atoms with Crippen LogP contribution in [0.2, 0.25) is 0 Å². The molecule has 3 rings (SSSR count). The van der Waals surface area contributed by atoms with E-state index in [4.69, 9.17) is 4.74 Å². The average Bonchev–Trinajstić information content (AvgIpc) is 3.20. The second-order valence-corrected chi connectivity index (χ2v) is 6.94. The summed E-state index contributed by atoms with van der Waals surface area (Å²) >= 11 is 0.898. The molecule has 0 saturated heterocycles. The van der Waals surface area contributed by atoms with E-state index in [1.165, 1.54) is 14.2 Å². The first-order chi connectivity index (χ1) is 13.8. The van der Waals surface area contributed by atoms with Gasteiger partial charge in [-0.05, 0) is 29.9 Å². The minimum absolute atomic E-state index is 0.0339. The number of aryl methyl sites for hydroxylation is 1. The van der Waals surface area contributed by atoms with E-state index < -0.39 is 23.4 Å². The van der Waals surface area contributed by atoms with Gasteiger partial charge in [0.15, 0.2) is 7.05 Å². The number of rotatable bonds is 5. The van der Waals surface area contributed by atoms with Gasteiger partial charge in [-0.2, -0.15) is 0 Å². The van der Waals surface area contributed by atoms with Crippen molar-refractivity contribution in [1.29, 1.82) is 0 Å². The van der Waals surface area contributed by atoms with Crippen molar-refractivity contribution in [2.24, 2.45) is 7.05 Å². The van der Waals surface area contributed by atoms with Crippen LogP contribution < -0.4 is 20.9 Å². The molecule has 0 saturated carbocycles. The molecule has 2 aromatic heterocycles. The summed E-state index contributed by atoms with van der Waals surface area (Å²) in [6.45, 7) is 1.57. The van der Waals surface area contributed by atoms with Gasteiger partial charge in [-0.15, -0.1) is 11.3 Å². The predicted molar refractivity (Wildman–Crippen MR) is 103 cm³/mol. The van der Waals surface area contributed by atoms with Gasteiger partial charge in [-0.1, -0.05) is 22.9 Å². The number of amides is 2. The van der Waals surface area contributed by atoms with E-state index in [0.29, 0.717) is 11.3 Å². The number of aromatic amines is 1. The standard InChI is InChI=1S/C18H16N4O6S/c1-9-11(17(25)27-3)16(20-14(23)12-18(26)28-21-22(12)2)29-13(9)15(24)19-10-7-5-4-6-8-10/h4-8H,1-3H3,(H2-,19,20,21,23,24,25,26)/p+1. The van der Waals surface area contributed by atoms with Crippen LogP contribution in [0.1, 0.15) is 36.1 Å². The van der Waals surface area contributed by atoms with Gasteiger partial charge in [0.05, 0.1) is 17.6 Å². The number of nitrogens with zero attached hydrogens (tertiary/aromatic N) is 1. The van der Waals surface area contributed by atoms with Crippen LogP contribution in [0.3, 0.4) is 0 Å². The van der Waals surface area contributed by atoms with Gasteiger partial charge >= 0.3 is 23.2 Å². The van der Waals surface area contributed by atoms with E-state index >= 15 is 0 Å². The van der Waals surface area contributed by atoms with E-state index in [9.17, 15) is 19.2 Å². The number of ether oxygens (including phenoxy) is 1. The number of methoxy groups -OCH3 is 1. The number of anilines is 2. The smallest absolute Gasteiger partial charge is 0.440 e. The van der Waals surface area contributed by atoms with Gasteiger partial charge in [-0.25, -0.2) is 9.59 Å². The molecule has 150 valence electrons. The maximum Gasteiger partial charge on any atom is 0.440 e. The van der Waals surface area contributed by atoms with Crippen molar-refractivity contribution in [2.45, 2.75) is 6.92 Å². The highest BCUT2D eigenvalue weighted by Gasteiger charge is 2.31. The molecule has 0 spiro atoms. The molecule has 0 bridgehead atoms. The molecular weight excluding hydrogens is 400 g/mol. The molecule has 3 aromatic rings. The number of esters is 1. The highest BCUT2D eigenvalue weighted by molar-refractivity contribution is 7.19. The van der Waals surface area contributed by atoms with Crippen LogP contribution in [-0.2, 0) is 11.8 Å². The molecule has 1 aromatic carbocycles. The van der Waals surface area contributed by atoms with E-state index in [-0.39, 0.29) is 21.1 Å². The summed E-state index contributed by atoms with van der Waals surface area (Å²) in [7, 11) is 2.61. The third-order valence-electron chi connectivity index (χ3n) is 4.02. The molecule has 0 radical (unpaired) electrons. The Bertz CT molecular complexity index is 1150. The molecule has 0 atom stereocenters. The molecule has 2 amide bonds. The number of nitrogens with one attached hydrogen (secondary N) is 3. The number of thiophene rings is 1. The Labute approximate surface area is 168 Å². The lowest BCUT2D eigenvalue weighted by Crippen LogP contribution is -2.41. The first kappa shape index (κ1) is 20.0. The maximum atomic E-state index is 12.7. The molecule has 10 nitrogen and oxygen atoms in total. The van der Waals surface area contributed by atoms with Crippen LogP contribution in [-0.4, -0.2) is 30.2 Å². The maximum absolute atomic E-state index is 12.7. The van der Waals surface area contributed by atoms with Crippen molar-refractivity contribution < 1.29 is 28.3 Å². The number of H-pyrrole nitrogens is 1. The Morgan fingerprint density at radius 1 is 1.14 bits per heavy atom. The van der Waals surface area contributed by atoms with E-state index in [1.54, 1.807) is 31.2 Å². The molecule has 2 heterocycles. The van der Waals surface area contributed by atoms with Crippen molar-refractivity contribution in [3.05, 3.63) is 62.4 Å². The summed E-state index contributed by atoms with van der Waals surface area (Å²) in [5.74, 6) is -1.97. The Kier molecular flexibility index (Phi) is 5.59. The van der Waals surface area contributed by atoms with Crippen molar-refractivity contribution in [3.8, 4) is 0 Å². The number of para-hydroxylation sites is 1. The number of aromatic nitrogens is 2. The second-order valence-electron chi connectivity index (χ2n) is 5.91. The lowest BCUT2D eigenvalue weighted by Gasteiger charge is -2.04. The molecule has 29 heavy (non-hydrogen) atoms. The van der Waals surface area contributed by atoms with Crippen LogP contribution >= 0.6 is 11.3 Å². The van der Waals surface area contributed by atoms with Gasteiger partial charge in [-0.3, -0.25) is 14.1 Å². The van der Waals surface area contributed by atoms with Gasteiger partial charge in [0.25, 0.3) is 5.91 Å². The van der Waals surface area contributed by atoms with Gasteiger partial charge < -0.3 is 15.4 Å². The average molecular weight is 417 g/mol. The Balaban J connectivity index is 1.97. The predicted octanol–water partition coefficient (Wildman–Crippen LogP) is 1.45. The molecular formula is C18H17N4O6S+. The van der Waals surface area contributed by atoms with Crippen molar-refractivity contribution in [3.63, 3.8) is 0 Å². The Morgan fingerprint density at radius 3 is 2.41 bits per heavy atom. The Morgan fingerprint density at radius 2 is 1.83 bits per heavy atom. The largest absolute Gasteiger partial charge is 0.465 e. The van der Waals surface area contributed by atoms with E-state index in [2.05, 4.69) is 20.4 Å². The minimum Gasteiger partial charge on any atom is -0.465 e. The van der Waals surface area contributed by atoms with Gasteiger partial charge in [0.2, 0.25) is 0 Å². The summed E-state index contributed by atoms with van der Waals surface area (Å²) in [6.07, 6.45) is 0. The topological polar surface area (TPSA) is 134 Å². The SMILES string of the molecule is COC(=O)c1c(NC(=O)c2c(=O)o[nH][n+]2C)sc(C(=O)Nc2ccccc2)c1C. The molecule has 0 unspecified atom stereocenters.